The molecule has 1 aromatic rings. The Morgan fingerprint density at radius 1 is 1.35 bits per heavy atom. The summed E-state index contributed by atoms with van der Waals surface area (Å²) >= 11 is 3.46. The molecule has 0 aliphatic heterocycles. The molecule has 1 fully saturated rings. The maximum Gasteiger partial charge on any atom is 0.411 e. The standard InChI is InChI=1S/C12H15BrF3N3O/c1-17-11-9(13)10(7-2-3-7)18-8(19-11)4-5-20-6-12(14,15)16/h7H,2-6H2,1H3,(H,17,18,19). The van der Waals surface area contributed by atoms with E-state index in [9.17, 15) is 13.2 Å². The molecule has 8 heteroatoms. The maximum absolute atomic E-state index is 12.0. The molecule has 1 saturated carbocycles. The van der Waals surface area contributed by atoms with Gasteiger partial charge in [-0.1, -0.05) is 0 Å². The summed E-state index contributed by atoms with van der Waals surface area (Å²) in [5.74, 6) is 1.59. The van der Waals surface area contributed by atoms with Crippen LogP contribution in [0.1, 0.15) is 30.3 Å². The summed E-state index contributed by atoms with van der Waals surface area (Å²) in [5.41, 5.74) is 0.926. The van der Waals surface area contributed by atoms with Gasteiger partial charge in [0, 0.05) is 19.4 Å². The summed E-state index contributed by atoms with van der Waals surface area (Å²) in [5, 5.41) is 2.95. The molecule has 4 nitrogen and oxygen atoms in total. The van der Waals surface area contributed by atoms with E-state index >= 15 is 0 Å². The summed E-state index contributed by atoms with van der Waals surface area (Å²) in [4.78, 5) is 8.68. The van der Waals surface area contributed by atoms with Crippen LogP contribution in [0.25, 0.3) is 0 Å². The molecule has 0 amide bonds. The van der Waals surface area contributed by atoms with Crippen molar-refractivity contribution in [3.8, 4) is 0 Å². The minimum Gasteiger partial charge on any atom is -0.372 e. The smallest absolute Gasteiger partial charge is 0.372 e. The van der Waals surface area contributed by atoms with E-state index in [1.54, 1.807) is 7.05 Å². The normalized spacial score (nSPS) is 15.4. The highest BCUT2D eigenvalue weighted by Crippen LogP contribution is 2.43. The predicted molar refractivity (Wildman–Crippen MR) is 71.8 cm³/mol. The summed E-state index contributed by atoms with van der Waals surface area (Å²) in [6, 6.07) is 0. The highest BCUT2D eigenvalue weighted by molar-refractivity contribution is 9.10. The lowest BCUT2D eigenvalue weighted by Gasteiger charge is -2.11. The van der Waals surface area contributed by atoms with Gasteiger partial charge in [0.2, 0.25) is 0 Å². The molecule has 1 aliphatic carbocycles. The van der Waals surface area contributed by atoms with E-state index in [1.165, 1.54) is 0 Å². The predicted octanol–water partition coefficient (Wildman–Crippen LogP) is 3.28. The summed E-state index contributed by atoms with van der Waals surface area (Å²) in [6.07, 6.45) is -1.86. The molecule has 0 unspecified atom stereocenters. The van der Waals surface area contributed by atoms with Gasteiger partial charge in [-0.3, -0.25) is 0 Å². The fourth-order valence-electron chi connectivity index (χ4n) is 1.77. The van der Waals surface area contributed by atoms with Crippen LogP contribution in [0.4, 0.5) is 19.0 Å². The Kier molecular flexibility index (Phi) is 4.85. The first-order chi connectivity index (χ1) is 9.40. The Balaban J connectivity index is 1.99. The molecule has 1 N–H and O–H groups in total. The number of alkyl halides is 3. The van der Waals surface area contributed by atoms with Crippen molar-refractivity contribution in [2.75, 3.05) is 25.6 Å². The molecule has 112 valence electrons. The van der Waals surface area contributed by atoms with Crippen LogP contribution in [0.15, 0.2) is 4.47 Å². The molecule has 0 spiro atoms. The number of nitrogens with zero attached hydrogens (tertiary/aromatic N) is 2. The lowest BCUT2D eigenvalue weighted by atomic mass is 10.2. The number of nitrogens with one attached hydrogen (secondary N) is 1. The van der Waals surface area contributed by atoms with Gasteiger partial charge in [0.25, 0.3) is 0 Å². The van der Waals surface area contributed by atoms with Crippen LogP contribution in [-0.2, 0) is 11.2 Å². The van der Waals surface area contributed by atoms with Gasteiger partial charge >= 0.3 is 6.18 Å². The quantitative estimate of drug-likeness (QED) is 0.797. The van der Waals surface area contributed by atoms with Crippen LogP contribution >= 0.6 is 15.9 Å². The van der Waals surface area contributed by atoms with Crippen LogP contribution < -0.4 is 5.32 Å². The first-order valence-electron chi connectivity index (χ1n) is 6.29. The average Bonchev–Trinajstić information content (AvgIpc) is 3.19. The van der Waals surface area contributed by atoms with E-state index in [4.69, 9.17) is 0 Å². The zero-order valence-electron chi connectivity index (χ0n) is 10.9. The molecule has 1 heterocycles. The molecule has 0 atom stereocenters. The fourth-order valence-corrected chi connectivity index (χ4v) is 2.47. The second kappa shape index (κ2) is 6.26. The number of aromatic nitrogens is 2. The molecular formula is C12H15BrF3N3O. The van der Waals surface area contributed by atoms with E-state index in [2.05, 4.69) is 36.0 Å². The van der Waals surface area contributed by atoms with E-state index in [0.29, 0.717) is 17.6 Å². The number of hydrogen-bond donors (Lipinski definition) is 1. The van der Waals surface area contributed by atoms with Crippen LogP contribution in [0, 0.1) is 0 Å². The van der Waals surface area contributed by atoms with E-state index in [-0.39, 0.29) is 13.0 Å². The van der Waals surface area contributed by atoms with Crippen molar-refractivity contribution >= 4 is 21.7 Å². The molecule has 0 bridgehead atoms. The van der Waals surface area contributed by atoms with Crippen LogP contribution in [0.2, 0.25) is 0 Å². The zero-order chi connectivity index (χ0) is 14.8. The summed E-state index contributed by atoms with van der Waals surface area (Å²) in [6.45, 7) is -1.29. The second-order valence-corrected chi connectivity index (χ2v) is 5.42. The number of ether oxygens (including phenoxy) is 1. The van der Waals surface area contributed by atoms with Crippen LogP contribution in [0.3, 0.4) is 0 Å². The third-order valence-corrected chi connectivity index (χ3v) is 3.64. The van der Waals surface area contributed by atoms with Gasteiger partial charge in [-0.2, -0.15) is 13.2 Å². The molecule has 0 radical (unpaired) electrons. The Hall–Kier alpha value is -0.890. The second-order valence-electron chi connectivity index (χ2n) is 4.63. The number of anilines is 1. The lowest BCUT2D eigenvalue weighted by Crippen LogP contribution is -2.18. The average molecular weight is 354 g/mol. The van der Waals surface area contributed by atoms with Gasteiger partial charge in [0.15, 0.2) is 0 Å². The molecule has 0 saturated heterocycles. The van der Waals surface area contributed by atoms with Crippen molar-refractivity contribution in [1.82, 2.24) is 9.97 Å². The number of halogens is 4. The van der Waals surface area contributed by atoms with Gasteiger partial charge in [-0.25, -0.2) is 9.97 Å². The van der Waals surface area contributed by atoms with Crippen LogP contribution in [-0.4, -0.2) is 36.4 Å². The fraction of sp³-hybridized carbons (Fsp3) is 0.667. The van der Waals surface area contributed by atoms with Gasteiger partial charge < -0.3 is 10.1 Å². The van der Waals surface area contributed by atoms with E-state index in [1.807, 2.05) is 0 Å². The summed E-state index contributed by atoms with van der Waals surface area (Å²) < 4.78 is 41.3. The van der Waals surface area contributed by atoms with Gasteiger partial charge in [-0.15, -0.1) is 0 Å². The molecular weight excluding hydrogens is 339 g/mol. The van der Waals surface area contributed by atoms with Gasteiger partial charge in [-0.05, 0) is 28.8 Å². The van der Waals surface area contributed by atoms with Crippen molar-refractivity contribution in [1.29, 1.82) is 0 Å². The molecule has 1 aliphatic rings. The number of hydrogen-bond acceptors (Lipinski definition) is 4. The third-order valence-electron chi connectivity index (χ3n) is 2.86. The largest absolute Gasteiger partial charge is 0.411 e. The number of rotatable bonds is 6. The molecule has 20 heavy (non-hydrogen) atoms. The monoisotopic (exact) mass is 353 g/mol. The minimum atomic E-state index is -4.30. The van der Waals surface area contributed by atoms with Gasteiger partial charge in [0.1, 0.15) is 18.2 Å². The van der Waals surface area contributed by atoms with E-state index in [0.717, 1.165) is 23.0 Å². The van der Waals surface area contributed by atoms with Crippen molar-refractivity contribution < 1.29 is 17.9 Å². The lowest BCUT2D eigenvalue weighted by molar-refractivity contribution is -0.173. The molecule has 1 aromatic heterocycles. The summed E-state index contributed by atoms with van der Waals surface area (Å²) in [7, 11) is 1.74. The van der Waals surface area contributed by atoms with E-state index < -0.39 is 12.8 Å². The zero-order valence-corrected chi connectivity index (χ0v) is 12.5. The van der Waals surface area contributed by atoms with Crippen molar-refractivity contribution in [2.24, 2.45) is 0 Å². The van der Waals surface area contributed by atoms with Crippen LogP contribution in [0.5, 0.6) is 0 Å². The van der Waals surface area contributed by atoms with Crippen molar-refractivity contribution in [3.05, 3.63) is 16.0 Å². The first-order valence-corrected chi connectivity index (χ1v) is 7.08. The highest BCUT2D eigenvalue weighted by Gasteiger charge is 2.29. The minimum absolute atomic E-state index is 0.0472. The Morgan fingerprint density at radius 3 is 2.60 bits per heavy atom. The molecule has 2 rings (SSSR count). The highest BCUT2D eigenvalue weighted by atomic mass is 79.9. The SMILES string of the molecule is CNc1nc(CCOCC(F)(F)F)nc(C2CC2)c1Br. The molecule has 0 aromatic carbocycles. The third kappa shape index (κ3) is 4.31. The Morgan fingerprint density at radius 2 is 2.05 bits per heavy atom. The first kappa shape index (κ1) is 15.5. The Bertz CT molecular complexity index is 478. The maximum atomic E-state index is 12.0. The Labute approximate surface area is 123 Å². The topological polar surface area (TPSA) is 47.0 Å². The van der Waals surface area contributed by atoms with Gasteiger partial charge in [0.05, 0.1) is 16.8 Å². The van der Waals surface area contributed by atoms with Crippen molar-refractivity contribution in [3.63, 3.8) is 0 Å². The van der Waals surface area contributed by atoms with Crippen molar-refractivity contribution in [2.45, 2.75) is 31.4 Å².